The topological polar surface area (TPSA) is 98.2 Å². The van der Waals surface area contributed by atoms with E-state index >= 15 is 0 Å². The number of aromatic amines is 1. The molecule has 1 N–H and O–H groups in total. The summed E-state index contributed by atoms with van der Waals surface area (Å²) in [6, 6.07) is 6.14. The summed E-state index contributed by atoms with van der Waals surface area (Å²) in [5, 5.41) is 13.8. The van der Waals surface area contributed by atoms with E-state index < -0.39 is 0 Å². The second-order valence-electron chi connectivity index (χ2n) is 10.8. The summed E-state index contributed by atoms with van der Waals surface area (Å²) in [4.78, 5) is 18.7. The number of nitrogens with one attached hydrogen (secondary N) is 1. The minimum Gasteiger partial charge on any atom is -0.454 e. The number of rotatable bonds is 6. The second-order valence-corrected chi connectivity index (χ2v) is 10.8. The molecule has 2 aromatic heterocycles. The molecule has 3 heterocycles. The zero-order chi connectivity index (χ0) is 24.0. The molecule has 34 heavy (non-hydrogen) atoms. The Kier molecular flexibility index (Phi) is 5.83. The molecule has 0 bridgehead atoms. The fourth-order valence-electron chi connectivity index (χ4n) is 5.33. The van der Waals surface area contributed by atoms with E-state index in [9.17, 15) is 4.79 Å². The highest BCUT2D eigenvalue weighted by atomic mass is 16.7. The van der Waals surface area contributed by atoms with Crippen LogP contribution in [0.25, 0.3) is 10.9 Å². The summed E-state index contributed by atoms with van der Waals surface area (Å²) in [6.45, 7) is 11.5. The van der Waals surface area contributed by atoms with Gasteiger partial charge in [0.2, 0.25) is 6.79 Å². The number of fused-ring (bicyclic) bond motifs is 2. The molecule has 1 unspecified atom stereocenters. The molecular weight excluding hydrogens is 432 g/mol. The fourth-order valence-corrected chi connectivity index (χ4v) is 5.33. The van der Waals surface area contributed by atoms with E-state index in [1.807, 2.05) is 22.9 Å². The molecule has 0 spiro atoms. The summed E-state index contributed by atoms with van der Waals surface area (Å²) >= 11 is 0. The van der Waals surface area contributed by atoms with E-state index in [-0.39, 0.29) is 29.9 Å². The largest absolute Gasteiger partial charge is 0.454 e. The van der Waals surface area contributed by atoms with Crippen molar-refractivity contribution in [2.45, 2.75) is 84.5 Å². The van der Waals surface area contributed by atoms with Crippen LogP contribution in [0.15, 0.2) is 23.0 Å². The number of hydrogen-bond donors (Lipinski definition) is 1. The summed E-state index contributed by atoms with van der Waals surface area (Å²) in [6.07, 6.45) is 4.64. The molecule has 1 atom stereocenters. The van der Waals surface area contributed by atoms with Crippen LogP contribution in [0, 0.1) is 5.92 Å². The monoisotopic (exact) mass is 466 g/mol. The van der Waals surface area contributed by atoms with Gasteiger partial charge in [0.15, 0.2) is 17.3 Å². The van der Waals surface area contributed by atoms with Crippen LogP contribution in [0.1, 0.15) is 77.7 Å². The number of ether oxygens (including phenoxy) is 2. The molecule has 9 heteroatoms. The van der Waals surface area contributed by atoms with Crippen molar-refractivity contribution in [3.63, 3.8) is 0 Å². The highest BCUT2D eigenvalue weighted by Gasteiger charge is 2.37. The Morgan fingerprint density at radius 1 is 1.15 bits per heavy atom. The highest BCUT2D eigenvalue weighted by Crippen LogP contribution is 2.38. The minimum atomic E-state index is -0.240. The Hall–Kier alpha value is -2.94. The van der Waals surface area contributed by atoms with E-state index in [1.165, 1.54) is 12.8 Å². The normalized spacial score (nSPS) is 17.4. The molecule has 182 valence electrons. The molecule has 3 aromatic rings. The van der Waals surface area contributed by atoms with Gasteiger partial charge >= 0.3 is 0 Å². The van der Waals surface area contributed by atoms with Gasteiger partial charge in [-0.05, 0) is 62.1 Å². The standard InChI is InChI=1S/C25H34N6O3/c1-15(2)22(23-27-28-29-31(23)25(3,4)5)30(18-8-6-7-9-18)13-17-10-16-11-20-21(34-14-33-20)12-19(16)26-24(17)32/h10-12,15,18,22H,6-9,13-14H2,1-5H3,(H,26,32). The van der Waals surface area contributed by atoms with Gasteiger partial charge in [0.1, 0.15) is 0 Å². The Bertz CT molecular complexity index is 1240. The maximum atomic E-state index is 13.2. The van der Waals surface area contributed by atoms with Gasteiger partial charge in [-0.25, -0.2) is 4.68 Å². The van der Waals surface area contributed by atoms with Crippen molar-refractivity contribution < 1.29 is 9.47 Å². The van der Waals surface area contributed by atoms with E-state index in [4.69, 9.17) is 9.47 Å². The molecule has 1 fully saturated rings. The fraction of sp³-hybridized carbons (Fsp3) is 0.600. The third kappa shape index (κ3) is 4.17. The van der Waals surface area contributed by atoms with Crippen molar-refractivity contribution >= 4 is 10.9 Å². The van der Waals surface area contributed by atoms with Crippen LogP contribution < -0.4 is 15.0 Å². The lowest BCUT2D eigenvalue weighted by Gasteiger charge is -2.39. The number of hydrogen-bond acceptors (Lipinski definition) is 7. The Morgan fingerprint density at radius 2 is 1.85 bits per heavy atom. The average Bonchev–Trinajstić information content (AvgIpc) is 3.52. The van der Waals surface area contributed by atoms with Gasteiger partial charge < -0.3 is 14.5 Å². The van der Waals surface area contributed by atoms with Crippen molar-refractivity contribution in [2.24, 2.45) is 5.92 Å². The number of pyridine rings is 1. The first-order chi connectivity index (χ1) is 16.2. The van der Waals surface area contributed by atoms with E-state index in [2.05, 4.69) is 60.0 Å². The van der Waals surface area contributed by atoms with Gasteiger partial charge in [-0.1, -0.05) is 26.7 Å². The predicted molar refractivity (Wildman–Crippen MR) is 129 cm³/mol. The lowest BCUT2D eigenvalue weighted by molar-refractivity contribution is 0.0802. The summed E-state index contributed by atoms with van der Waals surface area (Å²) in [7, 11) is 0. The van der Waals surface area contributed by atoms with Crippen LogP contribution in [-0.2, 0) is 12.1 Å². The maximum Gasteiger partial charge on any atom is 0.252 e. The Labute approximate surface area is 199 Å². The van der Waals surface area contributed by atoms with Crippen LogP contribution in [-0.4, -0.2) is 42.9 Å². The second kappa shape index (κ2) is 8.69. The van der Waals surface area contributed by atoms with Crippen LogP contribution in [0.4, 0.5) is 0 Å². The summed E-state index contributed by atoms with van der Waals surface area (Å²) in [5.74, 6) is 2.50. The van der Waals surface area contributed by atoms with Crippen molar-refractivity contribution in [2.75, 3.05) is 6.79 Å². The first kappa shape index (κ1) is 22.8. The molecule has 1 saturated carbocycles. The lowest BCUT2D eigenvalue weighted by atomic mass is 9.96. The van der Waals surface area contributed by atoms with Crippen LogP contribution in [0.2, 0.25) is 0 Å². The van der Waals surface area contributed by atoms with Gasteiger partial charge in [0.25, 0.3) is 5.56 Å². The van der Waals surface area contributed by atoms with Gasteiger partial charge in [-0.2, -0.15) is 0 Å². The number of benzene rings is 1. The predicted octanol–water partition coefficient (Wildman–Crippen LogP) is 4.14. The molecule has 9 nitrogen and oxygen atoms in total. The molecule has 0 radical (unpaired) electrons. The number of tetrazole rings is 1. The van der Waals surface area contributed by atoms with E-state index in [0.717, 1.165) is 35.1 Å². The van der Waals surface area contributed by atoms with Gasteiger partial charge in [0.05, 0.1) is 17.1 Å². The third-order valence-corrected chi connectivity index (χ3v) is 6.94. The Balaban J connectivity index is 1.57. The SMILES string of the molecule is CC(C)C(c1nnnn1C(C)(C)C)N(Cc1cc2cc3c(cc2[nH]c1=O)OCO3)C1CCCC1. The molecule has 0 saturated heterocycles. The molecule has 1 aromatic carbocycles. The maximum absolute atomic E-state index is 13.2. The number of aromatic nitrogens is 5. The quantitative estimate of drug-likeness (QED) is 0.583. The minimum absolute atomic E-state index is 0.0100. The molecule has 1 aliphatic heterocycles. The summed E-state index contributed by atoms with van der Waals surface area (Å²) in [5.41, 5.74) is 1.17. The van der Waals surface area contributed by atoms with Crippen molar-refractivity contribution in [3.8, 4) is 11.5 Å². The van der Waals surface area contributed by atoms with E-state index in [0.29, 0.717) is 24.1 Å². The van der Waals surface area contributed by atoms with Crippen LogP contribution >= 0.6 is 0 Å². The molecule has 1 aliphatic carbocycles. The van der Waals surface area contributed by atoms with Crippen molar-refractivity contribution in [1.29, 1.82) is 0 Å². The molecule has 5 rings (SSSR count). The zero-order valence-corrected chi connectivity index (χ0v) is 20.7. The Morgan fingerprint density at radius 3 is 2.53 bits per heavy atom. The smallest absolute Gasteiger partial charge is 0.252 e. The third-order valence-electron chi connectivity index (χ3n) is 6.94. The van der Waals surface area contributed by atoms with Crippen molar-refractivity contribution in [1.82, 2.24) is 30.1 Å². The van der Waals surface area contributed by atoms with Crippen LogP contribution in [0.3, 0.4) is 0 Å². The van der Waals surface area contributed by atoms with Gasteiger partial charge in [-0.3, -0.25) is 9.69 Å². The lowest BCUT2D eigenvalue weighted by Crippen LogP contribution is -2.42. The first-order valence-corrected chi connectivity index (χ1v) is 12.2. The van der Waals surface area contributed by atoms with E-state index in [1.54, 1.807) is 0 Å². The van der Waals surface area contributed by atoms with Crippen LogP contribution in [0.5, 0.6) is 11.5 Å². The van der Waals surface area contributed by atoms with Crippen molar-refractivity contribution in [3.05, 3.63) is 39.9 Å². The summed E-state index contributed by atoms with van der Waals surface area (Å²) < 4.78 is 13.0. The van der Waals surface area contributed by atoms with Gasteiger partial charge in [-0.15, -0.1) is 5.10 Å². The average molecular weight is 467 g/mol. The van der Waals surface area contributed by atoms with Gasteiger partial charge in [0, 0.05) is 29.6 Å². The zero-order valence-electron chi connectivity index (χ0n) is 20.7. The first-order valence-electron chi connectivity index (χ1n) is 12.2. The molecule has 2 aliphatic rings. The molecule has 0 amide bonds. The molecular formula is C25H34N6O3. The highest BCUT2D eigenvalue weighted by molar-refractivity contribution is 5.83. The number of nitrogens with zero attached hydrogens (tertiary/aromatic N) is 5. The number of H-pyrrole nitrogens is 1.